The summed E-state index contributed by atoms with van der Waals surface area (Å²) in [7, 11) is 0. The molecule has 0 amide bonds. The number of para-hydroxylation sites is 1. The summed E-state index contributed by atoms with van der Waals surface area (Å²) >= 11 is 0. The summed E-state index contributed by atoms with van der Waals surface area (Å²) < 4.78 is 6.07. The fourth-order valence-electron chi connectivity index (χ4n) is 2.63. The maximum absolute atomic E-state index is 10.9. The summed E-state index contributed by atoms with van der Waals surface area (Å²) in [5, 5.41) is 10.9. The van der Waals surface area contributed by atoms with E-state index in [4.69, 9.17) is 4.74 Å². The van der Waals surface area contributed by atoms with Gasteiger partial charge in [-0.05, 0) is 30.5 Å². The number of benzene rings is 2. The van der Waals surface area contributed by atoms with Crippen LogP contribution in [-0.4, -0.2) is 14.9 Å². The molecule has 0 spiro atoms. The number of aromatic amines is 1. The van der Waals surface area contributed by atoms with E-state index < -0.39 is 4.92 Å². The fourth-order valence-corrected chi connectivity index (χ4v) is 2.63. The molecule has 0 radical (unpaired) electrons. The minimum absolute atomic E-state index is 0.0384. The number of aromatic nitrogens is 2. The third-order valence-electron chi connectivity index (χ3n) is 3.92. The molecule has 1 N–H and O–H groups in total. The molecule has 6 heteroatoms. The number of H-pyrrole nitrogens is 1. The van der Waals surface area contributed by atoms with Crippen molar-refractivity contribution in [2.75, 3.05) is 0 Å². The molecule has 3 rings (SSSR count). The van der Waals surface area contributed by atoms with Crippen molar-refractivity contribution >= 4 is 16.7 Å². The van der Waals surface area contributed by atoms with E-state index in [1.165, 1.54) is 12.1 Å². The molecule has 0 bridgehead atoms. The number of fused-ring (bicyclic) bond motifs is 1. The van der Waals surface area contributed by atoms with Crippen molar-refractivity contribution in [3.8, 4) is 5.75 Å². The third-order valence-corrected chi connectivity index (χ3v) is 3.92. The van der Waals surface area contributed by atoms with Gasteiger partial charge in [0.25, 0.3) is 5.69 Å². The Morgan fingerprint density at radius 2 is 1.92 bits per heavy atom. The molecule has 0 aliphatic heterocycles. The maximum Gasteiger partial charge on any atom is 0.271 e. The molecule has 24 heavy (non-hydrogen) atoms. The highest BCUT2D eigenvalue weighted by atomic mass is 16.6. The van der Waals surface area contributed by atoms with Gasteiger partial charge in [-0.1, -0.05) is 32.0 Å². The van der Waals surface area contributed by atoms with Crippen molar-refractivity contribution in [3.63, 3.8) is 0 Å². The highest BCUT2D eigenvalue weighted by Gasteiger charge is 2.16. The largest absolute Gasteiger partial charge is 0.483 e. The number of nitrogens with zero attached hydrogens (tertiary/aromatic N) is 2. The van der Waals surface area contributed by atoms with Crippen molar-refractivity contribution in [2.45, 2.75) is 32.8 Å². The molecule has 3 aromatic rings. The first-order chi connectivity index (χ1) is 11.5. The number of hydrogen-bond acceptors (Lipinski definition) is 4. The number of non-ortho nitro benzene ring substituents is 1. The van der Waals surface area contributed by atoms with Gasteiger partial charge >= 0.3 is 0 Å². The highest BCUT2D eigenvalue weighted by molar-refractivity contribution is 5.77. The van der Waals surface area contributed by atoms with Crippen LogP contribution in [0.5, 0.6) is 5.75 Å². The second-order valence-corrected chi connectivity index (χ2v) is 6.03. The zero-order chi connectivity index (χ0) is 17.3. The number of nitro benzene ring substituents is 1. The number of hydrogen-bond donors (Lipinski definition) is 1. The van der Waals surface area contributed by atoms with Crippen molar-refractivity contribution < 1.29 is 9.66 Å². The average Bonchev–Trinajstić information content (AvgIpc) is 2.98. The predicted octanol–water partition coefficient (Wildman–Crippen LogP) is 4.73. The lowest BCUT2D eigenvalue weighted by Gasteiger charge is -2.17. The normalized spacial score (nSPS) is 12.5. The highest BCUT2D eigenvalue weighted by Crippen LogP contribution is 2.30. The zero-order valence-corrected chi connectivity index (χ0v) is 13.8. The van der Waals surface area contributed by atoms with Crippen molar-refractivity contribution in [3.05, 3.63) is 64.0 Å². The number of imidazole rings is 1. The molecule has 6 nitrogen and oxygen atoms in total. The Balaban J connectivity index is 1.89. The van der Waals surface area contributed by atoms with Crippen LogP contribution < -0.4 is 4.74 Å². The summed E-state index contributed by atoms with van der Waals surface area (Å²) in [6.45, 7) is 6.14. The van der Waals surface area contributed by atoms with E-state index in [-0.39, 0.29) is 11.8 Å². The van der Waals surface area contributed by atoms with E-state index in [9.17, 15) is 10.1 Å². The van der Waals surface area contributed by atoms with Gasteiger partial charge in [0.05, 0.1) is 16.0 Å². The van der Waals surface area contributed by atoms with Crippen LogP contribution in [0, 0.1) is 10.1 Å². The van der Waals surface area contributed by atoms with E-state index in [1.807, 2.05) is 25.1 Å². The first-order valence-corrected chi connectivity index (χ1v) is 7.85. The van der Waals surface area contributed by atoms with E-state index in [1.54, 1.807) is 6.07 Å². The summed E-state index contributed by atoms with van der Waals surface area (Å²) in [6.07, 6.45) is -0.295. The summed E-state index contributed by atoms with van der Waals surface area (Å²) in [6, 6.07) is 12.5. The van der Waals surface area contributed by atoms with E-state index in [0.29, 0.717) is 22.8 Å². The van der Waals surface area contributed by atoms with E-state index in [0.717, 1.165) is 11.3 Å². The van der Waals surface area contributed by atoms with Gasteiger partial charge in [0.2, 0.25) is 0 Å². The lowest BCUT2D eigenvalue weighted by molar-refractivity contribution is -0.384. The zero-order valence-electron chi connectivity index (χ0n) is 13.8. The van der Waals surface area contributed by atoms with Gasteiger partial charge in [0, 0.05) is 12.1 Å². The average molecular weight is 325 g/mol. The maximum atomic E-state index is 10.9. The SMILES string of the molecule is CC(C)c1ccccc1OC(C)c1nc2ccc([N+](=O)[O-])cc2[nH]1. The molecule has 2 aromatic carbocycles. The molecule has 0 aliphatic rings. The van der Waals surface area contributed by atoms with Gasteiger partial charge in [-0.15, -0.1) is 0 Å². The minimum atomic E-state index is -0.418. The van der Waals surface area contributed by atoms with Gasteiger partial charge < -0.3 is 9.72 Å². The number of nitrogens with one attached hydrogen (secondary N) is 1. The lowest BCUT2D eigenvalue weighted by Crippen LogP contribution is -2.07. The first-order valence-electron chi connectivity index (χ1n) is 7.85. The molecule has 0 fully saturated rings. The third kappa shape index (κ3) is 3.08. The van der Waals surface area contributed by atoms with Crippen molar-refractivity contribution in [1.82, 2.24) is 9.97 Å². The summed E-state index contributed by atoms with van der Waals surface area (Å²) in [5.41, 5.74) is 2.49. The fraction of sp³-hybridized carbons (Fsp3) is 0.278. The van der Waals surface area contributed by atoms with Crippen LogP contribution >= 0.6 is 0 Å². The topological polar surface area (TPSA) is 81.1 Å². The van der Waals surface area contributed by atoms with Crippen LogP contribution in [0.15, 0.2) is 42.5 Å². The summed E-state index contributed by atoms with van der Waals surface area (Å²) in [4.78, 5) is 18.1. The van der Waals surface area contributed by atoms with Gasteiger partial charge in [-0.25, -0.2) is 4.98 Å². The minimum Gasteiger partial charge on any atom is -0.483 e. The predicted molar refractivity (Wildman–Crippen MR) is 92.3 cm³/mol. The monoisotopic (exact) mass is 325 g/mol. The number of ether oxygens (including phenoxy) is 1. The molecule has 124 valence electrons. The molecular weight excluding hydrogens is 306 g/mol. The van der Waals surface area contributed by atoms with Crippen LogP contribution in [0.1, 0.15) is 44.2 Å². The molecule has 0 aliphatic carbocycles. The second kappa shape index (κ2) is 6.31. The van der Waals surface area contributed by atoms with Crippen molar-refractivity contribution in [1.29, 1.82) is 0 Å². The molecule has 1 atom stereocenters. The Morgan fingerprint density at radius 3 is 2.62 bits per heavy atom. The molecule has 0 saturated carbocycles. The Kier molecular flexibility index (Phi) is 4.20. The Labute approximate surface area is 139 Å². The molecule has 1 heterocycles. The van der Waals surface area contributed by atoms with Gasteiger partial charge in [-0.3, -0.25) is 10.1 Å². The Bertz CT molecular complexity index is 886. The summed E-state index contributed by atoms with van der Waals surface area (Å²) in [5.74, 6) is 1.82. The quantitative estimate of drug-likeness (QED) is 0.543. The van der Waals surface area contributed by atoms with Crippen LogP contribution in [0.3, 0.4) is 0 Å². The van der Waals surface area contributed by atoms with Gasteiger partial charge in [-0.2, -0.15) is 0 Å². The molecule has 1 aromatic heterocycles. The van der Waals surface area contributed by atoms with Crippen LogP contribution in [0.25, 0.3) is 11.0 Å². The Morgan fingerprint density at radius 1 is 1.17 bits per heavy atom. The van der Waals surface area contributed by atoms with Crippen LogP contribution in [-0.2, 0) is 0 Å². The van der Waals surface area contributed by atoms with Gasteiger partial charge in [0.15, 0.2) is 6.10 Å². The van der Waals surface area contributed by atoms with Crippen LogP contribution in [0.4, 0.5) is 5.69 Å². The molecule has 0 saturated heterocycles. The smallest absolute Gasteiger partial charge is 0.271 e. The number of rotatable bonds is 5. The first kappa shape index (κ1) is 16.0. The molecule has 1 unspecified atom stereocenters. The number of nitro groups is 1. The van der Waals surface area contributed by atoms with Gasteiger partial charge in [0.1, 0.15) is 11.6 Å². The van der Waals surface area contributed by atoms with Crippen LogP contribution in [0.2, 0.25) is 0 Å². The van der Waals surface area contributed by atoms with Crippen molar-refractivity contribution in [2.24, 2.45) is 0 Å². The lowest BCUT2D eigenvalue weighted by atomic mass is 10.0. The second-order valence-electron chi connectivity index (χ2n) is 6.03. The molecular formula is C18H19N3O3. The van der Waals surface area contributed by atoms with E-state index in [2.05, 4.69) is 29.9 Å². The van der Waals surface area contributed by atoms with E-state index >= 15 is 0 Å². The Hall–Kier alpha value is -2.89. The standard InChI is InChI=1S/C18H19N3O3/c1-11(2)14-6-4-5-7-17(14)24-12(3)18-19-15-9-8-13(21(22)23)10-16(15)20-18/h4-12H,1-3H3,(H,19,20).